The van der Waals surface area contributed by atoms with Gasteiger partial charge in [-0.1, -0.05) is 12.1 Å². The Morgan fingerprint density at radius 3 is 2.19 bits per heavy atom. The van der Waals surface area contributed by atoms with Gasteiger partial charge in [0.1, 0.15) is 11.5 Å². The Morgan fingerprint density at radius 2 is 1.56 bits per heavy atom. The Bertz CT molecular complexity index is 1260. The largest absolute Gasteiger partial charge is 0.497 e. The van der Waals surface area contributed by atoms with E-state index in [2.05, 4.69) is 10.0 Å². The number of methoxy groups -OCH3 is 2. The molecule has 0 heterocycles. The van der Waals surface area contributed by atoms with Crippen LogP contribution in [0.1, 0.15) is 10.4 Å². The zero-order valence-electron chi connectivity index (χ0n) is 17.1. The number of sulfonamides is 1. The quantitative estimate of drug-likeness (QED) is 0.389. The molecule has 0 fully saturated rings. The van der Waals surface area contributed by atoms with Crippen LogP contribution in [0.2, 0.25) is 0 Å². The minimum atomic E-state index is -4.40. The highest BCUT2D eigenvalue weighted by Gasteiger charge is 2.28. The van der Waals surface area contributed by atoms with Crippen molar-refractivity contribution < 1.29 is 27.6 Å². The summed E-state index contributed by atoms with van der Waals surface area (Å²) < 4.78 is 38.1. The Kier molecular flexibility index (Phi) is 6.59. The molecule has 0 saturated carbocycles. The van der Waals surface area contributed by atoms with Crippen LogP contribution in [-0.2, 0) is 10.0 Å². The molecule has 0 bridgehead atoms. The first kappa shape index (κ1) is 22.6. The number of nitro benzene ring substituents is 1. The zero-order chi connectivity index (χ0) is 23.3. The smallest absolute Gasteiger partial charge is 0.293 e. The Balaban J connectivity index is 1.91. The first-order chi connectivity index (χ1) is 15.2. The summed E-state index contributed by atoms with van der Waals surface area (Å²) in [5.74, 6) is 0.171. The molecule has 0 aliphatic rings. The van der Waals surface area contributed by atoms with Crippen LogP contribution < -0.4 is 19.5 Å². The number of carbonyl (C=O) groups excluding carboxylic acids is 1. The molecule has 3 aromatic rings. The molecule has 0 atom stereocenters. The van der Waals surface area contributed by atoms with Gasteiger partial charge < -0.3 is 14.8 Å². The van der Waals surface area contributed by atoms with Gasteiger partial charge in [0, 0.05) is 5.69 Å². The standard InChI is InChI=1S/C21H19N3O7S/c1-30-15-9-7-14(8-10-15)22-21(25)17-5-3-4-6-18(17)23-32(28,29)20-12-11-16(31-2)13-19(20)24(26)27/h3-13,23H,1-2H3,(H,22,25). The van der Waals surface area contributed by atoms with E-state index in [9.17, 15) is 23.3 Å². The molecule has 0 aliphatic carbocycles. The second-order valence-electron chi connectivity index (χ2n) is 6.42. The number of carbonyl (C=O) groups is 1. The minimum Gasteiger partial charge on any atom is -0.497 e. The number of nitrogens with zero attached hydrogens (tertiary/aromatic N) is 1. The predicted molar refractivity (Wildman–Crippen MR) is 118 cm³/mol. The number of benzene rings is 3. The summed E-state index contributed by atoms with van der Waals surface area (Å²) in [6, 6.07) is 15.9. The van der Waals surface area contributed by atoms with E-state index >= 15 is 0 Å². The molecule has 0 radical (unpaired) electrons. The Hall–Kier alpha value is -4.12. The second-order valence-corrected chi connectivity index (χ2v) is 8.08. The van der Waals surface area contributed by atoms with Gasteiger partial charge in [0.2, 0.25) is 0 Å². The fourth-order valence-corrected chi connectivity index (χ4v) is 4.07. The molecule has 0 saturated heterocycles. The Morgan fingerprint density at radius 1 is 0.938 bits per heavy atom. The van der Waals surface area contributed by atoms with Crippen molar-refractivity contribution >= 4 is 33.0 Å². The van der Waals surface area contributed by atoms with Crippen molar-refractivity contribution in [2.45, 2.75) is 4.90 Å². The molecule has 11 heteroatoms. The molecule has 166 valence electrons. The lowest BCUT2D eigenvalue weighted by Gasteiger charge is -2.13. The first-order valence-corrected chi connectivity index (χ1v) is 10.6. The summed E-state index contributed by atoms with van der Waals surface area (Å²) in [4.78, 5) is 22.8. The zero-order valence-corrected chi connectivity index (χ0v) is 17.9. The summed E-state index contributed by atoms with van der Waals surface area (Å²) >= 11 is 0. The normalized spacial score (nSPS) is 10.8. The van der Waals surface area contributed by atoms with Crippen molar-refractivity contribution in [3.05, 3.63) is 82.4 Å². The van der Waals surface area contributed by atoms with Crippen molar-refractivity contribution in [3.8, 4) is 11.5 Å². The predicted octanol–water partition coefficient (Wildman–Crippen LogP) is 3.67. The molecule has 0 unspecified atom stereocenters. The van der Waals surface area contributed by atoms with E-state index in [0.717, 1.165) is 12.1 Å². The SMILES string of the molecule is COc1ccc(NC(=O)c2ccccc2NS(=O)(=O)c2ccc(OC)cc2[N+](=O)[O-])cc1. The van der Waals surface area contributed by atoms with E-state index in [0.29, 0.717) is 11.4 Å². The van der Waals surface area contributed by atoms with Crippen LogP contribution in [0.25, 0.3) is 0 Å². The lowest BCUT2D eigenvalue weighted by atomic mass is 10.1. The number of rotatable bonds is 8. The minimum absolute atomic E-state index is 0.0306. The van der Waals surface area contributed by atoms with E-state index < -0.39 is 31.4 Å². The van der Waals surface area contributed by atoms with Crippen molar-refractivity contribution in [2.75, 3.05) is 24.3 Å². The highest BCUT2D eigenvalue weighted by atomic mass is 32.2. The topological polar surface area (TPSA) is 137 Å². The second kappa shape index (κ2) is 9.35. The molecule has 2 N–H and O–H groups in total. The van der Waals surface area contributed by atoms with E-state index in [1.165, 1.54) is 38.5 Å². The summed E-state index contributed by atoms with van der Waals surface area (Å²) in [6.07, 6.45) is 0. The maximum absolute atomic E-state index is 12.9. The average Bonchev–Trinajstić information content (AvgIpc) is 2.79. The van der Waals surface area contributed by atoms with Crippen molar-refractivity contribution in [2.24, 2.45) is 0 Å². The number of nitro groups is 1. The maximum Gasteiger partial charge on any atom is 0.293 e. The summed E-state index contributed by atoms with van der Waals surface area (Å²) in [5.41, 5.74) is -0.192. The van der Waals surface area contributed by atoms with Gasteiger partial charge in [0.05, 0.1) is 36.5 Å². The average molecular weight is 457 g/mol. The number of nitrogens with one attached hydrogen (secondary N) is 2. The highest BCUT2D eigenvalue weighted by molar-refractivity contribution is 7.92. The lowest BCUT2D eigenvalue weighted by Crippen LogP contribution is -2.19. The van der Waals surface area contributed by atoms with Gasteiger partial charge in [-0.25, -0.2) is 8.42 Å². The van der Waals surface area contributed by atoms with Gasteiger partial charge in [-0.05, 0) is 48.5 Å². The molecule has 3 rings (SSSR count). The molecule has 32 heavy (non-hydrogen) atoms. The highest BCUT2D eigenvalue weighted by Crippen LogP contribution is 2.30. The third-order valence-corrected chi connectivity index (χ3v) is 5.83. The van der Waals surface area contributed by atoms with Crippen LogP contribution in [-0.4, -0.2) is 33.5 Å². The maximum atomic E-state index is 12.9. The van der Waals surface area contributed by atoms with Crippen molar-refractivity contribution in [1.29, 1.82) is 0 Å². The molecular weight excluding hydrogens is 438 g/mol. The molecule has 3 aromatic carbocycles. The number of ether oxygens (including phenoxy) is 2. The number of amides is 1. The van der Waals surface area contributed by atoms with Gasteiger partial charge in [-0.3, -0.25) is 19.6 Å². The Labute approximate surface area is 184 Å². The van der Waals surface area contributed by atoms with Crippen LogP contribution in [0.4, 0.5) is 17.1 Å². The summed E-state index contributed by atoms with van der Waals surface area (Å²) in [5, 5.41) is 14.1. The summed E-state index contributed by atoms with van der Waals surface area (Å²) in [7, 11) is -1.57. The lowest BCUT2D eigenvalue weighted by molar-refractivity contribution is -0.387. The number of hydrogen-bond acceptors (Lipinski definition) is 7. The van der Waals surface area contributed by atoms with E-state index in [-0.39, 0.29) is 17.0 Å². The first-order valence-electron chi connectivity index (χ1n) is 9.15. The fraction of sp³-hybridized carbons (Fsp3) is 0.0952. The van der Waals surface area contributed by atoms with E-state index in [4.69, 9.17) is 9.47 Å². The fourth-order valence-electron chi connectivity index (χ4n) is 2.84. The van der Waals surface area contributed by atoms with Crippen LogP contribution >= 0.6 is 0 Å². The number of para-hydroxylation sites is 1. The molecule has 0 aromatic heterocycles. The molecular formula is C21H19N3O7S. The van der Waals surface area contributed by atoms with Crippen molar-refractivity contribution in [1.82, 2.24) is 0 Å². The molecule has 10 nitrogen and oxygen atoms in total. The van der Waals surface area contributed by atoms with Crippen LogP contribution in [0.15, 0.2) is 71.6 Å². The third-order valence-electron chi connectivity index (χ3n) is 4.42. The monoisotopic (exact) mass is 457 g/mol. The third kappa shape index (κ3) is 4.95. The number of anilines is 2. The van der Waals surface area contributed by atoms with Crippen LogP contribution in [0, 0.1) is 10.1 Å². The van der Waals surface area contributed by atoms with Gasteiger partial charge in [0.25, 0.3) is 21.6 Å². The van der Waals surface area contributed by atoms with Gasteiger partial charge >= 0.3 is 0 Å². The number of hydrogen-bond donors (Lipinski definition) is 2. The molecule has 0 aliphatic heterocycles. The summed E-state index contributed by atoms with van der Waals surface area (Å²) in [6.45, 7) is 0. The van der Waals surface area contributed by atoms with Gasteiger partial charge in [0.15, 0.2) is 4.90 Å². The van der Waals surface area contributed by atoms with E-state index in [1.807, 2.05) is 0 Å². The van der Waals surface area contributed by atoms with Gasteiger partial charge in [-0.2, -0.15) is 0 Å². The molecule has 0 spiro atoms. The van der Waals surface area contributed by atoms with Crippen molar-refractivity contribution in [3.63, 3.8) is 0 Å². The molecule has 1 amide bonds. The van der Waals surface area contributed by atoms with Gasteiger partial charge in [-0.15, -0.1) is 0 Å². The van der Waals surface area contributed by atoms with Crippen LogP contribution in [0.3, 0.4) is 0 Å². The van der Waals surface area contributed by atoms with E-state index in [1.54, 1.807) is 30.3 Å². The van der Waals surface area contributed by atoms with Crippen LogP contribution in [0.5, 0.6) is 11.5 Å².